The fraction of sp³-hybridized carbons (Fsp3) is 0.400. The number of fused-ring (bicyclic) bond motifs is 3. The van der Waals surface area contributed by atoms with Gasteiger partial charge in [0.2, 0.25) is 0 Å². The van der Waals surface area contributed by atoms with Crippen molar-refractivity contribution in [2.75, 3.05) is 6.61 Å². The molecule has 3 aromatic heterocycles. The predicted octanol–water partition coefficient (Wildman–Crippen LogP) is 2.43. The fourth-order valence-electron chi connectivity index (χ4n) is 4.16. The molecule has 1 atom stereocenters. The van der Waals surface area contributed by atoms with Crippen LogP contribution in [0.15, 0.2) is 35.5 Å². The third-order valence-electron chi connectivity index (χ3n) is 5.82. The molecule has 2 aliphatic rings. The highest BCUT2D eigenvalue weighted by atomic mass is 19.1. The first kappa shape index (κ1) is 16.8. The van der Waals surface area contributed by atoms with E-state index < -0.39 is 0 Å². The molecule has 6 rings (SSSR count). The molecule has 4 aromatic rings. The average Bonchev–Trinajstić information content (AvgIpc) is 3.13. The summed E-state index contributed by atoms with van der Waals surface area (Å²) in [6, 6.07) is 4.46. The van der Waals surface area contributed by atoms with Gasteiger partial charge >= 0.3 is 0 Å². The molecule has 0 spiro atoms. The summed E-state index contributed by atoms with van der Waals surface area (Å²) >= 11 is 0. The van der Waals surface area contributed by atoms with Crippen LogP contribution >= 0.6 is 0 Å². The van der Waals surface area contributed by atoms with Crippen LogP contribution in [-0.2, 0) is 11.3 Å². The summed E-state index contributed by atoms with van der Waals surface area (Å²) in [5.74, 6) is 0.502. The van der Waals surface area contributed by atoms with E-state index >= 15 is 0 Å². The van der Waals surface area contributed by atoms with Crippen LogP contribution < -0.4 is 5.56 Å². The lowest BCUT2D eigenvalue weighted by molar-refractivity contribution is 0.0973. The van der Waals surface area contributed by atoms with Gasteiger partial charge in [0, 0.05) is 12.5 Å². The molecule has 1 unspecified atom stereocenters. The minimum Gasteiger partial charge on any atom is -0.376 e. The van der Waals surface area contributed by atoms with Crippen LogP contribution in [-0.4, -0.2) is 41.7 Å². The maximum atomic E-state index is 14.0. The highest BCUT2D eigenvalue weighted by Crippen LogP contribution is 2.38. The number of rotatable bonds is 4. The Morgan fingerprint density at radius 3 is 2.90 bits per heavy atom. The molecule has 9 heteroatoms. The van der Waals surface area contributed by atoms with Crippen molar-refractivity contribution in [3.05, 3.63) is 52.6 Å². The Labute approximate surface area is 164 Å². The van der Waals surface area contributed by atoms with E-state index in [1.807, 2.05) is 6.20 Å². The first-order chi connectivity index (χ1) is 14.2. The summed E-state index contributed by atoms with van der Waals surface area (Å²) in [5.41, 5.74) is 2.32. The molecule has 0 radical (unpaired) electrons. The van der Waals surface area contributed by atoms with Crippen molar-refractivity contribution in [1.29, 1.82) is 0 Å². The normalized spacial score (nSPS) is 19.6. The van der Waals surface area contributed by atoms with Gasteiger partial charge in [0.1, 0.15) is 12.1 Å². The number of ether oxygens (including phenoxy) is 1. The maximum Gasteiger partial charge on any atom is 0.279 e. The number of hydrogen-bond acceptors (Lipinski definition) is 5. The lowest BCUT2D eigenvalue weighted by Crippen LogP contribution is -2.28. The zero-order valence-corrected chi connectivity index (χ0v) is 15.7. The lowest BCUT2D eigenvalue weighted by atomic mass is 10.2. The zero-order chi connectivity index (χ0) is 19.5. The van der Waals surface area contributed by atoms with Crippen LogP contribution in [0.1, 0.15) is 37.3 Å². The van der Waals surface area contributed by atoms with E-state index in [4.69, 9.17) is 4.74 Å². The van der Waals surface area contributed by atoms with Crippen LogP contribution in [0, 0.1) is 5.82 Å². The monoisotopic (exact) mass is 394 g/mol. The van der Waals surface area contributed by atoms with Crippen molar-refractivity contribution in [3.63, 3.8) is 0 Å². The van der Waals surface area contributed by atoms with Crippen LogP contribution in [0.4, 0.5) is 4.39 Å². The van der Waals surface area contributed by atoms with Gasteiger partial charge in [-0.2, -0.15) is 4.68 Å². The Kier molecular flexibility index (Phi) is 3.61. The summed E-state index contributed by atoms with van der Waals surface area (Å²) in [6.45, 7) is 1.07. The first-order valence-corrected chi connectivity index (χ1v) is 9.92. The van der Waals surface area contributed by atoms with Gasteiger partial charge in [0.25, 0.3) is 5.56 Å². The standard InChI is InChI=1S/C20H19FN6O2/c21-13-5-6-16-17(8-13)25(9-14-2-1-7-29-14)20(28)18-19(22-11-26(16)18)27-10-15(23-24-27)12-3-4-12/h5-6,8,10-12,14H,1-4,7,9H2. The van der Waals surface area contributed by atoms with E-state index in [1.165, 1.54) is 12.1 Å². The minimum absolute atomic E-state index is 0.0548. The summed E-state index contributed by atoms with van der Waals surface area (Å²) in [4.78, 5) is 18.0. The molecule has 1 aliphatic carbocycles. The third-order valence-corrected chi connectivity index (χ3v) is 5.82. The van der Waals surface area contributed by atoms with Gasteiger partial charge in [0.15, 0.2) is 11.3 Å². The molecule has 1 aromatic carbocycles. The van der Waals surface area contributed by atoms with Crippen LogP contribution in [0.2, 0.25) is 0 Å². The second-order valence-electron chi connectivity index (χ2n) is 7.83. The van der Waals surface area contributed by atoms with Crippen molar-refractivity contribution in [2.24, 2.45) is 0 Å². The summed E-state index contributed by atoms with van der Waals surface area (Å²) in [6.07, 6.45) is 7.46. The Morgan fingerprint density at radius 1 is 1.21 bits per heavy atom. The van der Waals surface area contributed by atoms with Crippen LogP contribution in [0.25, 0.3) is 22.4 Å². The molecule has 0 bridgehead atoms. The van der Waals surface area contributed by atoms with Crippen molar-refractivity contribution < 1.29 is 9.13 Å². The Hall–Kier alpha value is -3.07. The van der Waals surface area contributed by atoms with E-state index in [-0.39, 0.29) is 17.5 Å². The molecule has 148 valence electrons. The van der Waals surface area contributed by atoms with E-state index in [2.05, 4.69) is 15.3 Å². The van der Waals surface area contributed by atoms with Crippen LogP contribution in [0.3, 0.4) is 0 Å². The Morgan fingerprint density at radius 2 is 2.10 bits per heavy atom. The number of halogens is 1. The predicted molar refractivity (Wildman–Crippen MR) is 103 cm³/mol. The number of nitrogens with zero attached hydrogens (tertiary/aromatic N) is 6. The summed E-state index contributed by atoms with van der Waals surface area (Å²) in [7, 11) is 0. The Balaban J connectivity index is 1.59. The van der Waals surface area contributed by atoms with E-state index in [1.54, 1.807) is 26.0 Å². The topological polar surface area (TPSA) is 79.2 Å². The quantitative estimate of drug-likeness (QED) is 0.531. The van der Waals surface area contributed by atoms with Gasteiger partial charge in [-0.1, -0.05) is 5.21 Å². The highest BCUT2D eigenvalue weighted by molar-refractivity contribution is 5.81. The fourth-order valence-corrected chi connectivity index (χ4v) is 4.16. The number of benzene rings is 1. The van der Waals surface area contributed by atoms with Gasteiger partial charge in [-0.15, -0.1) is 5.10 Å². The van der Waals surface area contributed by atoms with E-state index in [0.717, 1.165) is 31.4 Å². The molecule has 1 aliphatic heterocycles. The molecule has 4 heterocycles. The largest absolute Gasteiger partial charge is 0.376 e. The van der Waals surface area contributed by atoms with Gasteiger partial charge < -0.3 is 9.30 Å². The third kappa shape index (κ3) is 2.68. The number of hydrogen-bond donors (Lipinski definition) is 0. The second-order valence-corrected chi connectivity index (χ2v) is 7.83. The smallest absolute Gasteiger partial charge is 0.279 e. The van der Waals surface area contributed by atoms with Gasteiger partial charge in [-0.25, -0.2) is 9.37 Å². The number of aromatic nitrogens is 6. The molecule has 29 heavy (non-hydrogen) atoms. The van der Waals surface area contributed by atoms with Gasteiger partial charge in [0.05, 0.1) is 35.6 Å². The van der Waals surface area contributed by atoms with Crippen molar-refractivity contribution in [3.8, 4) is 5.82 Å². The molecule has 8 nitrogen and oxygen atoms in total. The minimum atomic E-state index is -0.386. The molecule has 1 saturated carbocycles. The Bertz CT molecular complexity index is 1300. The van der Waals surface area contributed by atoms with E-state index in [0.29, 0.717) is 41.4 Å². The maximum absolute atomic E-state index is 14.0. The average molecular weight is 394 g/mol. The second kappa shape index (κ2) is 6.21. The van der Waals surface area contributed by atoms with Gasteiger partial charge in [-0.05, 0) is 43.9 Å². The van der Waals surface area contributed by atoms with E-state index in [9.17, 15) is 9.18 Å². The number of imidazole rings is 1. The first-order valence-electron chi connectivity index (χ1n) is 9.92. The SMILES string of the molecule is O=c1c2c(-n3cc(C4CC4)nn3)ncn2c2ccc(F)cc2n1CC1CCCO1. The molecular formula is C20H19FN6O2. The van der Waals surface area contributed by atoms with Gasteiger partial charge in [-0.3, -0.25) is 9.20 Å². The van der Waals surface area contributed by atoms with Crippen molar-refractivity contribution in [1.82, 2.24) is 28.9 Å². The summed E-state index contributed by atoms with van der Waals surface area (Å²) < 4.78 is 24.6. The highest BCUT2D eigenvalue weighted by Gasteiger charge is 2.28. The molecule has 0 N–H and O–H groups in total. The molecule has 0 amide bonds. The lowest BCUT2D eigenvalue weighted by Gasteiger charge is -2.16. The molecule has 2 fully saturated rings. The molecule has 1 saturated heterocycles. The zero-order valence-electron chi connectivity index (χ0n) is 15.7. The summed E-state index contributed by atoms with van der Waals surface area (Å²) in [5, 5.41) is 8.43. The van der Waals surface area contributed by atoms with Crippen LogP contribution in [0.5, 0.6) is 0 Å². The van der Waals surface area contributed by atoms with Crippen molar-refractivity contribution >= 4 is 16.6 Å². The van der Waals surface area contributed by atoms with Crippen molar-refractivity contribution in [2.45, 2.75) is 44.2 Å². The molecular weight excluding hydrogens is 375 g/mol.